The lowest BCUT2D eigenvalue weighted by Crippen LogP contribution is -1.99. The second-order valence-corrected chi connectivity index (χ2v) is 6.03. The number of aliphatic hydroxyl groups excluding tert-OH is 1. The Hall–Kier alpha value is -0.640. The summed E-state index contributed by atoms with van der Waals surface area (Å²) in [6, 6.07) is 10.2. The molecule has 3 heteroatoms. The lowest BCUT2D eigenvalue weighted by atomic mass is 10.0. The van der Waals surface area contributed by atoms with Gasteiger partial charge < -0.3 is 5.11 Å². The van der Waals surface area contributed by atoms with E-state index in [1.807, 2.05) is 25.1 Å². The van der Waals surface area contributed by atoms with Crippen molar-refractivity contribution in [2.24, 2.45) is 0 Å². The van der Waals surface area contributed by atoms with Crippen molar-refractivity contribution in [1.29, 1.82) is 0 Å². The van der Waals surface area contributed by atoms with Crippen molar-refractivity contribution in [3.05, 3.63) is 56.2 Å². The molecule has 0 aliphatic rings. The summed E-state index contributed by atoms with van der Waals surface area (Å²) in [6.45, 7) is 2.05. The summed E-state index contributed by atoms with van der Waals surface area (Å²) in [5.41, 5.74) is 2.18. The molecule has 0 bridgehead atoms. The van der Waals surface area contributed by atoms with E-state index in [9.17, 15) is 5.11 Å². The molecule has 1 N–H and O–H groups in total. The highest BCUT2D eigenvalue weighted by atomic mass is 79.9. The zero-order valence-electron chi connectivity index (χ0n) is 9.69. The third-order valence-corrected chi connectivity index (χ3v) is 4.62. The molecule has 0 saturated carbocycles. The van der Waals surface area contributed by atoms with Gasteiger partial charge >= 0.3 is 0 Å². The zero-order valence-corrected chi connectivity index (χ0v) is 12.1. The first-order valence-corrected chi connectivity index (χ1v) is 7.30. The van der Waals surface area contributed by atoms with Crippen molar-refractivity contribution in [1.82, 2.24) is 0 Å². The molecular weight excluding hydrogens is 296 g/mol. The maximum absolute atomic E-state index is 10.1. The Bertz CT molecular complexity index is 479. The number of aryl methyl sites for hydroxylation is 2. The minimum Gasteiger partial charge on any atom is -0.388 e. The lowest BCUT2D eigenvalue weighted by Gasteiger charge is -2.11. The molecule has 17 heavy (non-hydrogen) atoms. The van der Waals surface area contributed by atoms with Crippen molar-refractivity contribution in [3.8, 4) is 0 Å². The summed E-state index contributed by atoms with van der Waals surface area (Å²) in [5, 5.41) is 12.2. The van der Waals surface area contributed by atoms with Crippen LogP contribution in [0.3, 0.4) is 0 Å². The zero-order chi connectivity index (χ0) is 12.3. The molecule has 1 atom stereocenters. The third kappa shape index (κ3) is 3.41. The monoisotopic (exact) mass is 310 g/mol. The highest BCUT2D eigenvalue weighted by Crippen LogP contribution is 2.25. The highest BCUT2D eigenvalue weighted by Gasteiger charge is 2.09. The molecule has 0 amide bonds. The van der Waals surface area contributed by atoms with Crippen LogP contribution in [0, 0.1) is 6.92 Å². The number of aliphatic hydroxyl groups is 1. The molecule has 0 aliphatic carbocycles. The second-order valence-electron chi connectivity index (χ2n) is 4.14. The molecule has 1 heterocycles. The predicted octanol–water partition coefficient (Wildman–Crippen LogP) is 4.49. The molecule has 2 rings (SSSR count). The van der Waals surface area contributed by atoms with Gasteiger partial charge in [-0.2, -0.15) is 0 Å². The summed E-state index contributed by atoms with van der Waals surface area (Å²) < 4.78 is 1.06. The van der Waals surface area contributed by atoms with E-state index in [0.717, 1.165) is 22.9 Å². The summed E-state index contributed by atoms with van der Waals surface area (Å²) in [6.07, 6.45) is 1.33. The van der Waals surface area contributed by atoms with E-state index < -0.39 is 0 Å². The molecule has 0 spiro atoms. The van der Waals surface area contributed by atoms with Crippen LogP contribution in [0.5, 0.6) is 0 Å². The predicted molar refractivity (Wildman–Crippen MR) is 76.5 cm³/mol. The number of hydrogen-bond donors (Lipinski definition) is 1. The van der Waals surface area contributed by atoms with Crippen LogP contribution in [0.4, 0.5) is 0 Å². The Balaban J connectivity index is 1.99. The standard InChI is InChI=1S/C14H15BrOS/c1-10-4-5-11(9-13(10)15)14(16)7-6-12-3-2-8-17-12/h2-5,8-9,14,16H,6-7H2,1H3. The molecule has 90 valence electrons. The van der Waals surface area contributed by atoms with Crippen LogP contribution in [0.1, 0.15) is 28.5 Å². The number of rotatable bonds is 4. The molecular formula is C14H15BrOS. The Kier molecular flexibility index (Phi) is 4.37. The molecule has 2 aromatic rings. The normalized spacial score (nSPS) is 12.6. The first kappa shape index (κ1) is 12.8. The fraction of sp³-hybridized carbons (Fsp3) is 0.286. The fourth-order valence-corrected chi connectivity index (χ4v) is 2.84. The van der Waals surface area contributed by atoms with Gasteiger partial charge in [0.15, 0.2) is 0 Å². The van der Waals surface area contributed by atoms with Crippen molar-refractivity contribution < 1.29 is 5.11 Å². The molecule has 1 aromatic carbocycles. The maximum atomic E-state index is 10.1. The smallest absolute Gasteiger partial charge is 0.0793 e. The van der Waals surface area contributed by atoms with Gasteiger partial charge in [-0.15, -0.1) is 11.3 Å². The minimum atomic E-state index is -0.381. The van der Waals surface area contributed by atoms with Gasteiger partial charge in [0, 0.05) is 9.35 Å². The molecule has 1 nitrogen and oxygen atoms in total. The number of thiophene rings is 1. The quantitative estimate of drug-likeness (QED) is 0.882. The van der Waals surface area contributed by atoms with E-state index in [-0.39, 0.29) is 6.10 Å². The average Bonchev–Trinajstić information content (AvgIpc) is 2.82. The second kappa shape index (κ2) is 5.80. The van der Waals surface area contributed by atoms with Gasteiger partial charge in [0.05, 0.1) is 6.10 Å². The van der Waals surface area contributed by atoms with Crippen LogP contribution in [0.25, 0.3) is 0 Å². The largest absolute Gasteiger partial charge is 0.388 e. The Morgan fingerprint density at radius 1 is 1.35 bits per heavy atom. The molecule has 0 aliphatic heterocycles. The van der Waals surface area contributed by atoms with Gasteiger partial charge in [-0.1, -0.05) is 34.1 Å². The molecule has 0 fully saturated rings. The van der Waals surface area contributed by atoms with Gasteiger partial charge in [0.1, 0.15) is 0 Å². The molecule has 0 radical (unpaired) electrons. The van der Waals surface area contributed by atoms with E-state index in [2.05, 4.69) is 33.4 Å². The topological polar surface area (TPSA) is 20.2 Å². The third-order valence-electron chi connectivity index (χ3n) is 2.82. The maximum Gasteiger partial charge on any atom is 0.0793 e. The van der Waals surface area contributed by atoms with Crippen LogP contribution in [0.15, 0.2) is 40.2 Å². The van der Waals surface area contributed by atoms with E-state index >= 15 is 0 Å². The first-order valence-electron chi connectivity index (χ1n) is 5.63. The van der Waals surface area contributed by atoms with Gasteiger partial charge in [0.2, 0.25) is 0 Å². The van der Waals surface area contributed by atoms with E-state index in [4.69, 9.17) is 0 Å². The molecule has 1 unspecified atom stereocenters. The number of halogens is 1. The Labute approximate surface area is 114 Å². The number of hydrogen-bond acceptors (Lipinski definition) is 2. The molecule has 0 saturated heterocycles. The van der Waals surface area contributed by atoms with Crippen LogP contribution < -0.4 is 0 Å². The highest BCUT2D eigenvalue weighted by molar-refractivity contribution is 9.10. The summed E-state index contributed by atoms with van der Waals surface area (Å²) in [4.78, 5) is 1.33. The van der Waals surface area contributed by atoms with E-state index in [0.29, 0.717) is 0 Å². The van der Waals surface area contributed by atoms with Gasteiger partial charge in [0.25, 0.3) is 0 Å². The van der Waals surface area contributed by atoms with E-state index in [1.54, 1.807) is 11.3 Å². The Morgan fingerprint density at radius 2 is 2.18 bits per heavy atom. The first-order chi connectivity index (χ1) is 8.16. The summed E-state index contributed by atoms with van der Waals surface area (Å²) in [7, 11) is 0. The van der Waals surface area contributed by atoms with Crippen molar-refractivity contribution in [2.75, 3.05) is 0 Å². The minimum absolute atomic E-state index is 0.381. The van der Waals surface area contributed by atoms with Crippen LogP contribution >= 0.6 is 27.3 Å². The van der Waals surface area contributed by atoms with E-state index in [1.165, 1.54) is 10.4 Å². The van der Waals surface area contributed by atoms with Crippen LogP contribution in [-0.4, -0.2) is 5.11 Å². The van der Waals surface area contributed by atoms with Gasteiger partial charge in [-0.25, -0.2) is 0 Å². The van der Waals surface area contributed by atoms with Gasteiger partial charge in [-0.05, 0) is 48.4 Å². The Morgan fingerprint density at radius 3 is 2.82 bits per heavy atom. The summed E-state index contributed by atoms with van der Waals surface area (Å²) >= 11 is 5.24. The van der Waals surface area contributed by atoms with Crippen molar-refractivity contribution in [2.45, 2.75) is 25.9 Å². The average molecular weight is 311 g/mol. The molecule has 1 aromatic heterocycles. The number of benzene rings is 1. The fourth-order valence-electron chi connectivity index (χ4n) is 1.72. The SMILES string of the molecule is Cc1ccc(C(O)CCc2cccs2)cc1Br. The van der Waals surface area contributed by atoms with Crippen LogP contribution in [0.2, 0.25) is 0 Å². The summed E-state index contributed by atoms with van der Waals surface area (Å²) in [5.74, 6) is 0. The lowest BCUT2D eigenvalue weighted by molar-refractivity contribution is 0.168. The van der Waals surface area contributed by atoms with Crippen molar-refractivity contribution >= 4 is 27.3 Å². The van der Waals surface area contributed by atoms with Gasteiger partial charge in [-0.3, -0.25) is 0 Å². The van der Waals surface area contributed by atoms with Crippen LogP contribution in [-0.2, 0) is 6.42 Å². The van der Waals surface area contributed by atoms with Crippen molar-refractivity contribution in [3.63, 3.8) is 0 Å².